The van der Waals surface area contributed by atoms with Gasteiger partial charge in [-0.25, -0.2) is 0 Å². The molecule has 2 N–H and O–H groups in total. The molecule has 3 amide bonds. The van der Waals surface area contributed by atoms with Crippen molar-refractivity contribution >= 4 is 34.2 Å². The molecule has 52 heavy (non-hydrogen) atoms. The molecule has 14 nitrogen and oxygen atoms in total. The fourth-order valence-electron chi connectivity index (χ4n) is 8.12. The van der Waals surface area contributed by atoms with Crippen LogP contribution in [0.3, 0.4) is 0 Å². The van der Waals surface area contributed by atoms with Crippen LogP contribution in [0.1, 0.15) is 40.6 Å². The second-order valence-electron chi connectivity index (χ2n) is 13.9. The molecular weight excluding hydrogens is 666 g/mol. The molecule has 0 radical (unpaired) electrons. The largest absolute Gasteiger partial charge is 0.496 e. The molecule has 6 heterocycles. The molecule has 3 saturated heterocycles. The molecule has 2 atom stereocenters. The van der Waals surface area contributed by atoms with Gasteiger partial charge in [0.2, 0.25) is 11.8 Å². The van der Waals surface area contributed by atoms with Gasteiger partial charge in [0.15, 0.2) is 6.23 Å². The second kappa shape index (κ2) is 13.3. The molecule has 8 rings (SSSR count). The summed E-state index contributed by atoms with van der Waals surface area (Å²) >= 11 is 0. The maximum atomic E-state index is 13.4. The van der Waals surface area contributed by atoms with E-state index in [4.69, 9.17) is 9.47 Å². The Hall–Kier alpha value is -5.31. The summed E-state index contributed by atoms with van der Waals surface area (Å²) in [5.41, 5.74) is 4.43. The number of rotatable bonds is 8. The summed E-state index contributed by atoms with van der Waals surface area (Å²) < 4.78 is 13.4. The van der Waals surface area contributed by atoms with Crippen LogP contribution < -0.4 is 25.2 Å². The number of aryl methyl sites for hydroxylation is 1. The van der Waals surface area contributed by atoms with Gasteiger partial charge in [0.1, 0.15) is 17.5 Å². The summed E-state index contributed by atoms with van der Waals surface area (Å²) in [5.74, 6) is 0.136. The summed E-state index contributed by atoms with van der Waals surface area (Å²) in [6, 6.07) is 10.9. The van der Waals surface area contributed by atoms with E-state index in [0.717, 1.165) is 78.5 Å². The van der Waals surface area contributed by atoms with E-state index in [-0.39, 0.29) is 24.3 Å². The maximum Gasteiger partial charge on any atom is 0.259 e. The Morgan fingerprint density at radius 1 is 0.923 bits per heavy atom. The Balaban J connectivity index is 0.903. The SMILES string of the molecule is COc1cc(-c2cn(C)c(=O)c3cnccc23)cc(OC)c1CN1CC(N2CCN(c3ccc4c(c3)C(=O)N(C3CCC(=O)NC3=O)C4O)CC2)C1. The Bertz CT molecular complexity index is 2130. The molecule has 3 fully saturated rings. The molecule has 2 unspecified atom stereocenters. The molecule has 0 spiro atoms. The van der Waals surface area contributed by atoms with Gasteiger partial charge in [-0.05, 0) is 47.7 Å². The standard InChI is InChI=1S/C38H41N7O7/c1-41-20-29(25-8-9-39-17-28(25)36(41)48)22-14-32(51-2)30(33(15-22)52-3)21-42-18-24(19-42)44-12-10-43(11-13-44)23-4-5-26-27(16-23)38(50)45(37(26)49)31-6-7-34(46)40-35(31)47/h4-5,8-9,14-17,20,24,31,37,49H,6-7,10-13,18-19,21H2,1-3H3,(H,40,46,47). The number of aromatic nitrogens is 2. The van der Waals surface area contributed by atoms with Crippen molar-refractivity contribution in [1.82, 2.24) is 29.6 Å². The topological polar surface area (TPSA) is 150 Å². The lowest BCUT2D eigenvalue weighted by atomic mass is 9.98. The van der Waals surface area contributed by atoms with Crippen LogP contribution >= 0.6 is 0 Å². The number of piperidine rings is 1. The molecule has 270 valence electrons. The van der Waals surface area contributed by atoms with E-state index in [2.05, 4.69) is 25.0 Å². The highest BCUT2D eigenvalue weighted by Gasteiger charge is 2.44. The third-order valence-electron chi connectivity index (χ3n) is 11.0. The number of methoxy groups -OCH3 is 2. The number of fused-ring (bicyclic) bond motifs is 2. The van der Waals surface area contributed by atoms with Crippen molar-refractivity contribution in [3.05, 3.63) is 82.0 Å². The number of amides is 3. The third-order valence-corrected chi connectivity index (χ3v) is 11.0. The van der Waals surface area contributed by atoms with Gasteiger partial charge in [0.05, 0.1) is 25.2 Å². The van der Waals surface area contributed by atoms with E-state index in [1.165, 1.54) is 4.90 Å². The van der Waals surface area contributed by atoms with E-state index in [0.29, 0.717) is 29.1 Å². The van der Waals surface area contributed by atoms with Crippen molar-refractivity contribution in [2.45, 2.75) is 37.7 Å². The van der Waals surface area contributed by atoms with Crippen molar-refractivity contribution in [2.75, 3.05) is 58.4 Å². The molecule has 0 bridgehead atoms. The Morgan fingerprint density at radius 2 is 1.65 bits per heavy atom. The lowest BCUT2D eigenvalue weighted by Gasteiger charge is -2.48. The molecule has 0 saturated carbocycles. The summed E-state index contributed by atoms with van der Waals surface area (Å²) in [6.45, 7) is 5.83. The number of aliphatic hydroxyl groups is 1. The van der Waals surface area contributed by atoms with Crippen molar-refractivity contribution < 1.29 is 29.0 Å². The Labute approximate surface area is 300 Å². The number of pyridine rings is 2. The molecule has 4 aromatic rings. The number of nitrogens with one attached hydrogen (secondary N) is 1. The monoisotopic (exact) mass is 707 g/mol. The quantitative estimate of drug-likeness (QED) is 0.259. The predicted molar refractivity (Wildman–Crippen MR) is 192 cm³/mol. The minimum Gasteiger partial charge on any atom is -0.496 e. The van der Waals surface area contributed by atoms with Crippen LogP contribution in [0.2, 0.25) is 0 Å². The van der Waals surface area contributed by atoms with Gasteiger partial charge in [0.25, 0.3) is 11.5 Å². The molecule has 2 aromatic heterocycles. The van der Waals surface area contributed by atoms with Gasteiger partial charge < -0.3 is 24.0 Å². The minimum atomic E-state index is -1.23. The van der Waals surface area contributed by atoms with Gasteiger partial charge in [0, 0.05) is 106 Å². The fourth-order valence-corrected chi connectivity index (χ4v) is 8.12. The molecule has 4 aliphatic rings. The molecule has 0 aliphatic carbocycles. The lowest BCUT2D eigenvalue weighted by molar-refractivity contribution is -0.139. The van der Waals surface area contributed by atoms with Crippen molar-refractivity contribution in [3.63, 3.8) is 0 Å². The van der Waals surface area contributed by atoms with Gasteiger partial charge in [-0.1, -0.05) is 6.07 Å². The molecule has 14 heteroatoms. The average molecular weight is 708 g/mol. The van der Waals surface area contributed by atoms with Gasteiger partial charge in [-0.2, -0.15) is 0 Å². The summed E-state index contributed by atoms with van der Waals surface area (Å²) in [5, 5.41) is 14.6. The smallest absolute Gasteiger partial charge is 0.259 e. The van der Waals surface area contributed by atoms with Crippen LogP contribution in [0.25, 0.3) is 21.9 Å². The predicted octanol–water partition coefficient (Wildman–Crippen LogP) is 1.88. The number of imide groups is 1. The van der Waals surface area contributed by atoms with Gasteiger partial charge in [-0.15, -0.1) is 0 Å². The number of anilines is 1. The zero-order valence-electron chi connectivity index (χ0n) is 29.4. The average Bonchev–Trinajstić information content (AvgIpc) is 3.39. The summed E-state index contributed by atoms with van der Waals surface area (Å²) in [4.78, 5) is 62.8. The zero-order valence-corrected chi connectivity index (χ0v) is 29.4. The van der Waals surface area contributed by atoms with Gasteiger partial charge >= 0.3 is 0 Å². The normalized spacial score (nSPS) is 21.3. The number of carbonyl (C=O) groups excluding carboxylic acids is 3. The number of likely N-dealkylation sites (tertiary alicyclic amines) is 1. The van der Waals surface area contributed by atoms with Crippen LogP contribution in [0, 0.1) is 0 Å². The number of ether oxygens (including phenoxy) is 2. The number of aliphatic hydroxyl groups excluding tert-OH is 1. The van der Waals surface area contributed by atoms with E-state index < -0.39 is 24.1 Å². The van der Waals surface area contributed by atoms with Crippen LogP contribution in [0.5, 0.6) is 11.5 Å². The Morgan fingerprint density at radius 3 is 2.35 bits per heavy atom. The summed E-state index contributed by atoms with van der Waals surface area (Å²) in [7, 11) is 5.07. The number of benzene rings is 2. The van der Waals surface area contributed by atoms with Crippen molar-refractivity contribution in [1.29, 1.82) is 0 Å². The number of hydrogen-bond acceptors (Lipinski definition) is 11. The zero-order chi connectivity index (χ0) is 36.3. The molecule has 4 aliphatic heterocycles. The highest BCUT2D eigenvalue weighted by Crippen LogP contribution is 2.40. The fraction of sp³-hybridized carbons (Fsp3) is 0.395. The number of nitrogens with zero attached hydrogens (tertiary/aromatic N) is 6. The highest BCUT2D eigenvalue weighted by atomic mass is 16.5. The van der Waals surface area contributed by atoms with E-state index in [1.54, 1.807) is 44.3 Å². The van der Waals surface area contributed by atoms with Crippen LogP contribution in [0.15, 0.2) is 59.8 Å². The lowest BCUT2D eigenvalue weighted by Crippen LogP contribution is -2.62. The maximum absolute atomic E-state index is 13.4. The Kier molecular flexibility index (Phi) is 8.68. The second-order valence-corrected chi connectivity index (χ2v) is 13.9. The van der Waals surface area contributed by atoms with Crippen molar-refractivity contribution in [2.24, 2.45) is 7.05 Å². The van der Waals surface area contributed by atoms with Gasteiger partial charge in [-0.3, -0.25) is 44.2 Å². The first-order valence-corrected chi connectivity index (χ1v) is 17.5. The van der Waals surface area contributed by atoms with Crippen LogP contribution in [-0.2, 0) is 23.2 Å². The van der Waals surface area contributed by atoms with Crippen LogP contribution in [-0.4, -0.2) is 113 Å². The van der Waals surface area contributed by atoms with E-state index in [1.807, 2.05) is 36.5 Å². The van der Waals surface area contributed by atoms with E-state index >= 15 is 0 Å². The minimum absolute atomic E-state index is 0.100. The number of piperazine rings is 1. The highest BCUT2D eigenvalue weighted by molar-refractivity contribution is 6.06. The molecule has 2 aromatic carbocycles. The van der Waals surface area contributed by atoms with Crippen molar-refractivity contribution in [3.8, 4) is 22.6 Å². The molecular formula is C38H41N7O7. The number of carbonyl (C=O) groups is 3. The first-order chi connectivity index (χ1) is 25.1. The first-order valence-electron chi connectivity index (χ1n) is 17.5. The third kappa shape index (κ3) is 5.76. The van der Waals surface area contributed by atoms with E-state index in [9.17, 15) is 24.3 Å². The summed E-state index contributed by atoms with van der Waals surface area (Å²) in [6.07, 6.45) is 4.22. The number of hydrogen-bond donors (Lipinski definition) is 2. The van der Waals surface area contributed by atoms with Crippen LogP contribution in [0.4, 0.5) is 5.69 Å². The first kappa shape index (κ1) is 33.8.